The summed E-state index contributed by atoms with van der Waals surface area (Å²) in [5, 5.41) is 3.04. The van der Waals surface area contributed by atoms with E-state index in [1.54, 1.807) is 4.90 Å². The van der Waals surface area contributed by atoms with Crippen LogP contribution in [0, 0.1) is 0 Å². The van der Waals surface area contributed by atoms with Crippen LogP contribution in [0.3, 0.4) is 0 Å². The van der Waals surface area contributed by atoms with Crippen molar-refractivity contribution < 1.29 is 9.59 Å². The van der Waals surface area contributed by atoms with Gasteiger partial charge in [-0.1, -0.05) is 11.6 Å². The van der Waals surface area contributed by atoms with Gasteiger partial charge in [-0.3, -0.25) is 10.1 Å². The largest absolute Gasteiger partial charge is 0.368 e. The molecule has 0 bridgehead atoms. The van der Waals surface area contributed by atoms with Gasteiger partial charge >= 0.3 is 6.03 Å². The van der Waals surface area contributed by atoms with Crippen LogP contribution in [-0.4, -0.2) is 48.9 Å². The van der Waals surface area contributed by atoms with Gasteiger partial charge in [-0.15, -0.1) is 11.6 Å². The average Bonchev–Trinajstić information content (AvgIpc) is 2.48. The second kappa shape index (κ2) is 7.52. The van der Waals surface area contributed by atoms with Gasteiger partial charge < -0.3 is 9.80 Å². The number of imide groups is 1. The van der Waals surface area contributed by atoms with Crippen LogP contribution >= 0.6 is 23.2 Å². The zero-order valence-electron chi connectivity index (χ0n) is 11.5. The number of rotatable bonds is 3. The fraction of sp³-hybridized carbons (Fsp3) is 0.429. The van der Waals surface area contributed by atoms with E-state index in [2.05, 4.69) is 10.2 Å². The van der Waals surface area contributed by atoms with E-state index in [-0.39, 0.29) is 24.2 Å². The van der Waals surface area contributed by atoms with E-state index in [4.69, 9.17) is 23.2 Å². The highest BCUT2D eigenvalue weighted by Gasteiger charge is 2.22. The Bertz CT molecular complexity index is 499. The van der Waals surface area contributed by atoms with Crippen LogP contribution in [0.4, 0.5) is 10.5 Å². The van der Waals surface area contributed by atoms with Crippen molar-refractivity contribution in [3.8, 4) is 0 Å². The van der Waals surface area contributed by atoms with Gasteiger partial charge in [0.15, 0.2) is 0 Å². The summed E-state index contributed by atoms with van der Waals surface area (Å²) in [7, 11) is 0. The number of carbonyl (C=O) groups is 2. The lowest BCUT2D eigenvalue weighted by Gasteiger charge is -2.35. The lowest BCUT2D eigenvalue weighted by molar-refractivity contribution is -0.119. The molecule has 0 aliphatic carbocycles. The molecule has 0 unspecified atom stereocenters. The van der Waals surface area contributed by atoms with Gasteiger partial charge in [0.2, 0.25) is 5.91 Å². The van der Waals surface area contributed by atoms with Gasteiger partial charge in [0.05, 0.1) is 0 Å². The van der Waals surface area contributed by atoms with Crippen LogP contribution in [0.2, 0.25) is 5.02 Å². The lowest BCUT2D eigenvalue weighted by atomic mass is 10.2. The molecule has 1 heterocycles. The molecule has 1 saturated heterocycles. The van der Waals surface area contributed by atoms with Gasteiger partial charge in [0.25, 0.3) is 0 Å². The number of alkyl halides is 1. The number of piperazine rings is 1. The normalized spacial score (nSPS) is 15.0. The Kier molecular flexibility index (Phi) is 5.70. The molecule has 0 aromatic heterocycles. The van der Waals surface area contributed by atoms with E-state index in [0.717, 1.165) is 18.8 Å². The molecule has 5 nitrogen and oxygen atoms in total. The van der Waals surface area contributed by atoms with Crippen molar-refractivity contribution >= 4 is 40.8 Å². The number of urea groups is 1. The zero-order valence-corrected chi connectivity index (χ0v) is 13.0. The van der Waals surface area contributed by atoms with Crippen LogP contribution in [0.25, 0.3) is 0 Å². The summed E-state index contributed by atoms with van der Waals surface area (Å²) < 4.78 is 0. The monoisotopic (exact) mass is 329 g/mol. The summed E-state index contributed by atoms with van der Waals surface area (Å²) in [5.41, 5.74) is 1.08. The molecule has 1 N–H and O–H groups in total. The smallest absolute Gasteiger partial charge is 0.324 e. The summed E-state index contributed by atoms with van der Waals surface area (Å²) in [6.45, 7) is 2.59. The Morgan fingerprint density at radius 2 is 1.71 bits per heavy atom. The van der Waals surface area contributed by atoms with Gasteiger partial charge in [0, 0.05) is 49.2 Å². The molecule has 0 atom stereocenters. The molecule has 1 fully saturated rings. The number of halogens is 2. The first-order valence-electron chi connectivity index (χ1n) is 6.75. The van der Waals surface area contributed by atoms with Crippen LogP contribution in [0.5, 0.6) is 0 Å². The summed E-state index contributed by atoms with van der Waals surface area (Å²) in [5.74, 6) is -0.126. The number of hydrogen-bond donors (Lipinski definition) is 1. The minimum absolute atomic E-state index is 0.151. The van der Waals surface area contributed by atoms with Crippen molar-refractivity contribution in [3.05, 3.63) is 29.3 Å². The third kappa shape index (κ3) is 4.51. The fourth-order valence-electron chi connectivity index (χ4n) is 2.17. The van der Waals surface area contributed by atoms with Crippen LogP contribution < -0.4 is 10.2 Å². The number of anilines is 1. The number of benzene rings is 1. The summed E-state index contributed by atoms with van der Waals surface area (Å²) in [6, 6.07) is 7.27. The van der Waals surface area contributed by atoms with Gasteiger partial charge in [-0.05, 0) is 24.3 Å². The Balaban J connectivity index is 1.84. The topological polar surface area (TPSA) is 52.7 Å². The Morgan fingerprint density at radius 1 is 1.10 bits per heavy atom. The molecule has 21 heavy (non-hydrogen) atoms. The van der Waals surface area contributed by atoms with Crippen LogP contribution in [0.1, 0.15) is 6.42 Å². The first-order chi connectivity index (χ1) is 10.1. The third-order valence-corrected chi connectivity index (χ3v) is 3.77. The van der Waals surface area contributed by atoms with E-state index in [1.807, 2.05) is 24.3 Å². The van der Waals surface area contributed by atoms with Crippen molar-refractivity contribution in [1.82, 2.24) is 10.2 Å². The number of nitrogens with zero attached hydrogens (tertiary/aromatic N) is 2. The first kappa shape index (κ1) is 15.9. The quantitative estimate of drug-likeness (QED) is 0.866. The van der Waals surface area contributed by atoms with Crippen molar-refractivity contribution in [2.45, 2.75) is 6.42 Å². The lowest BCUT2D eigenvalue weighted by Crippen LogP contribution is -2.52. The first-order valence-corrected chi connectivity index (χ1v) is 7.66. The average molecular weight is 330 g/mol. The Hall–Kier alpha value is -1.46. The van der Waals surface area contributed by atoms with Crippen molar-refractivity contribution in [2.24, 2.45) is 0 Å². The molecule has 0 saturated carbocycles. The number of amides is 3. The van der Waals surface area contributed by atoms with Crippen LogP contribution in [-0.2, 0) is 4.79 Å². The van der Waals surface area contributed by atoms with Crippen molar-refractivity contribution in [2.75, 3.05) is 37.0 Å². The Labute approximate surface area is 133 Å². The molecule has 1 aliphatic heterocycles. The molecule has 7 heteroatoms. The maximum Gasteiger partial charge on any atom is 0.324 e. The number of hydrogen-bond acceptors (Lipinski definition) is 3. The maximum atomic E-state index is 11.9. The maximum absolute atomic E-state index is 11.9. The fourth-order valence-corrected chi connectivity index (χ4v) is 2.46. The minimum Gasteiger partial charge on any atom is -0.368 e. The van der Waals surface area contributed by atoms with Gasteiger partial charge in [0.1, 0.15) is 0 Å². The van der Waals surface area contributed by atoms with Crippen molar-refractivity contribution in [3.63, 3.8) is 0 Å². The summed E-state index contributed by atoms with van der Waals surface area (Å²) >= 11 is 11.3. The molecule has 1 aromatic rings. The van der Waals surface area contributed by atoms with Crippen molar-refractivity contribution in [1.29, 1.82) is 0 Å². The molecule has 114 valence electrons. The SMILES string of the molecule is O=C(CCCl)NC(=O)N1CCN(c2ccc(Cl)cc2)CC1. The molecule has 3 amide bonds. The summed E-state index contributed by atoms with van der Waals surface area (Å²) in [4.78, 5) is 27.1. The van der Waals surface area contributed by atoms with E-state index in [9.17, 15) is 9.59 Å². The predicted octanol–water partition coefficient (Wildman–Crippen LogP) is 2.33. The standard InChI is InChI=1S/C14H17Cl2N3O2/c15-6-5-13(20)17-14(21)19-9-7-18(8-10-19)12-3-1-11(16)2-4-12/h1-4H,5-10H2,(H,17,20,21). The highest BCUT2D eigenvalue weighted by Crippen LogP contribution is 2.19. The van der Waals surface area contributed by atoms with Crippen LogP contribution in [0.15, 0.2) is 24.3 Å². The zero-order chi connectivity index (χ0) is 15.2. The molecule has 1 aromatic carbocycles. The molecule has 1 aliphatic rings. The molecule has 0 radical (unpaired) electrons. The second-order valence-corrected chi connectivity index (χ2v) is 5.56. The van der Waals surface area contributed by atoms with Gasteiger partial charge in [-0.2, -0.15) is 0 Å². The molecular weight excluding hydrogens is 313 g/mol. The number of nitrogens with one attached hydrogen (secondary N) is 1. The predicted molar refractivity (Wildman–Crippen MR) is 84.1 cm³/mol. The third-order valence-electron chi connectivity index (χ3n) is 3.33. The molecule has 0 spiro atoms. The Morgan fingerprint density at radius 3 is 2.29 bits per heavy atom. The van der Waals surface area contributed by atoms with E-state index in [0.29, 0.717) is 18.1 Å². The highest BCUT2D eigenvalue weighted by atomic mass is 35.5. The van der Waals surface area contributed by atoms with E-state index < -0.39 is 0 Å². The minimum atomic E-state index is -0.346. The van der Waals surface area contributed by atoms with E-state index in [1.165, 1.54) is 0 Å². The molecule has 2 rings (SSSR count). The van der Waals surface area contributed by atoms with E-state index >= 15 is 0 Å². The second-order valence-electron chi connectivity index (χ2n) is 4.74. The van der Waals surface area contributed by atoms with Gasteiger partial charge in [-0.25, -0.2) is 4.79 Å². The highest BCUT2D eigenvalue weighted by molar-refractivity contribution is 6.30. The molecular formula is C14H17Cl2N3O2. The number of carbonyl (C=O) groups excluding carboxylic acids is 2. The summed E-state index contributed by atoms with van der Waals surface area (Å²) in [6.07, 6.45) is 0.151.